The fraction of sp³-hybridized carbons (Fsp3) is 0.250. The number of aromatic nitrogens is 3. The van der Waals surface area contributed by atoms with Crippen LogP contribution in [0.25, 0.3) is 0 Å². The van der Waals surface area contributed by atoms with Gasteiger partial charge in [0.25, 0.3) is 0 Å². The number of aromatic amines is 1. The Bertz CT molecular complexity index is 638. The first-order chi connectivity index (χ1) is 9.84. The fourth-order valence-electron chi connectivity index (χ4n) is 1.58. The molecule has 21 heavy (non-hydrogen) atoms. The molecule has 0 saturated carbocycles. The van der Waals surface area contributed by atoms with Crippen LogP contribution in [0.15, 0.2) is 24.3 Å². The van der Waals surface area contributed by atoms with E-state index in [2.05, 4.69) is 15.4 Å². The van der Waals surface area contributed by atoms with Gasteiger partial charge in [0.05, 0.1) is 0 Å². The van der Waals surface area contributed by atoms with Gasteiger partial charge in [0.15, 0.2) is 0 Å². The van der Waals surface area contributed by atoms with E-state index in [1.54, 1.807) is 11.2 Å². The van der Waals surface area contributed by atoms with Gasteiger partial charge in [-0.05, 0) is 24.1 Å². The van der Waals surface area contributed by atoms with Crippen molar-refractivity contribution in [1.29, 1.82) is 0 Å². The lowest BCUT2D eigenvalue weighted by Crippen LogP contribution is -2.14. The van der Waals surface area contributed by atoms with Crippen LogP contribution >= 0.6 is 0 Å². The lowest BCUT2D eigenvalue weighted by atomic mass is 10.1. The van der Waals surface area contributed by atoms with Gasteiger partial charge < -0.3 is 0 Å². The summed E-state index contributed by atoms with van der Waals surface area (Å²) < 4.78 is 49.7. The largest absolute Gasteiger partial charge is 0.451 e. The number of nitrogens with one attached hydrogen (secondary N) is 2. The van der Waals surface area contributed by atoms with E-state index in [0.717, 1.165) is 0 Å². The standard InChI is InChI=1S/C12H10F4N4O/c13-8-3-1-2-7(6-8)4-5-9(21)17-11-18-10(19-20-11)12(14,15)16/h1-3,6H,4-5H2,(H2,17,18,19,20,21). The maximum Gasteiger partial charge on any atom is 0.451 e. The Morgan fingerprint density at radius 3 is 2.71 bits per heavy atom. The molecule has 0 spiro atoms. The van der Waals surface area contributed by atoms with Crippen molar-refractivity contribution in [3.8, 4) is 0 Å². The summed E-state index contributed by atoms with van der Waals surface area (Å²) in [6, 6.07) is 5.70. The number of nitrogens with zero attached hydrogens (tertiary/aromatic N) is 2. The molecule has 2 rings (SSSR count). The molecule has 112 valence electrons. The molecule has 9 heteroatoms. The minimum atomic E-state index is -4.66. The number of anilines is 1. The topological polar surface area (TPSA) is 70.7 Å². The number of carbonyl (C=O) groups excluding carboxylic acids is 1. The molecule has 2 N–H and O–H groups in total. The second-order valence-electron chi connectivity index (χ2n) is 4.18. The zero-order chi connectivity index (χ0) is 15.5. The normalized spacial score (nSPS) is 11.4. The van der Waals surface area contributed by atoms with E-state index in [4.69, 9.17) is 0 Å². The molecule has 0 bridgehead atoms. The monoisotopic (exact) mass is 302 g/mol. The zero-order valence-corrected chi connectivity index (χ0v) is 10.5. The van der Waals surface area contributed by atoms with Crippen molar-refractivity contribution in [2.24, 2.45) is 0 Å². The molecule has 1 aromatic carbocycles. The van der Waals surface area contributed by atoms with Crippen molar-refractivity contribution < 1.29 is 22.4 Å². The van der Waals surface area contributed by atoms with Crippen molar-refractivity contribution in [2.75, 3.05) is 5.32 Å². The number of hydrogen-bond acceptors (Lipinski definition) is 3. The van der Waals surface area contributed by atoms with Gasteiger partial charge in [-0.1, -0.05) is 12.1 Å². The first-order valence-corrected chi connectivity index (χ1v) is 5.88. The van der Waals surface area contributed by atoms with Gasteiger partial charge in [0.2, 0.25) is 17.7 Å². The zero-order valence-electron chi connectivity index (χ0n) is 10.5. The molecule has 0 aliphatic heterocycles. The van der Waals surface area contributed by atoms with E-state index >= 15 is 0 Å². The van der Waals surface area contributed by atoms with Crippen molar-refractivity contribution in [3.63, 3.8) is 0 Å². The van der Waals surface area contributed by atoms with Gasteiger partial charge in [-0.3, -0.25) is 15.2 Å². The summed E-state index contributed by atoms with van der Waals surface area (Å²) in [6.45, 7) is 0. The summed E-state index contributed by atoms with van der Waals surface area (Å²) in [7, 11) is 0. The smallest absolute Gasteiger partial charge is 0.293 e. The van der Waals surface area contributed by atoms with E-state index in [1.807, 2.05) is 0 Å². The maximum absolute atomic E-state index is 12.9. The molecule has 1 amide bonds. The lowest BCUT2D eigenvalue weighted by molar-refractivity contribution is -0.144. The SMILES string of the molecule is O=C(CCc1cccc(F)c1)Nc1n[nH]c(C(F)(F)F)n1. The molecule has 5 nitrogen and oxygen atoms in total. The number of hydrogen-bond donors (Lipinski definition) is 2. The van der Waals surface area contributed by atoms with Crippen molar-refractivity contribution in [2.45, 2.75) is 19.0 Å². The molecule has 0 aliphatic rings. The lowest BCUT2D eigenvalue weighted by Gasteiger charge is -2.02. The predicted octanol–water partition coefficient (Wildman–Crippen LogP) is 2.53. The van der Waals surface area contributed by atoms with E-state index in [1.165, 1.54) is 18.2 Å². The Morgan fingerprint density at radius 1 is 1.33 bits per heavy atom. The number of benzene rings is 1. The molecule has 2 aromatic rings. The minimum Gasteiger partial charge on any atom is -0.293 e. The maximum atomic E-state index is 12.9. The third-order valence-corrected chi connectivity index (χ3v) is 2.53. The highest BCUT2D eigenvalue weighted by molar-refractivity contribution is 5.88. The van der Waals surface area contributed by atoms with Crippen molar-refractivity contribution in [3.05, 3.63) is 41.5 Å². The molecule has 1 aromatic heterocycles. The van der Waals surface area contributed by atoms with Gasteiger partial charge in [-0.15, -0.1) is 5.10 Å². The van der Waals surface area contributed by atoms with Crippen LogP contribution < -0.4 is 5.32 Å². The van der Waals surface area contributed by atoms with Crippen LogP contribution in [-0.4, -0.2) is 21.1 Å². The summed E-state index contributed by atoms with van der Waals surface area (Å²) in [5, 5.41) is 7.06. The highest BCUT2D eigenvalue weighted by atomic mass is 19.4. The number of H-pyrrole nitrogens is 1. The van der Waals surface area contributed by atoms with Gasteiger partial charge in [-0.2, -0.15) is 18.2 Å². The van der Waals surface area contributed by atoms with E-state index < -0.39 is 29.7 Å². The quantitative estimate of drug-likeness (QED) is 0.853. The first-order valence-electron chi connectivity index (χ1n) is 5.88. The van der Waals surface area contributed by atoms with Gasteiger partial charge in [0.1, 0.15) is 5.82 Å². The Kier molecular flexibility index (Phi) is 4.20. The van der Waals surface area contributed by atoms with Gasteiger partial charge in [-0.25, -0.2) is 4.39 Å². The Labute approximate surface area is 116 Å². The Balaban J connectivity index is 1.89. The van der Waals surface area contributed by atoms with Crippen LogP contribution in [-0.2, 0) is 17.4 Å². The molecule has 1 heterocycles. The summed E-state index contributed by atoms with van der Waals surface area (Å²) >= 11 is 0. The predicted molar refractivity (Wildman–Crippen MR) is 64.7 cm³/mol. The molecule has 0 atom stereocenters. The summed E-state index contributed by atoms with van der Waals surface area (Å²) in [6.07, 6.45) is -4.43. The summed E-state index contributed by atoms with van der Waals surface area (Å²) in [4.78, 5) is 14.7. The molecule has 0 aliphatic carbocycles. The second kappa shape index (κ2) is 5.90. The van der Waals surface area contributed by atoms with Crippen LogP contribution in [0.3, 0.4) is 0 Å². The van der Waals surface area contributed by atoms with Gasteiger partial charge in [0, 0.05) is 6.42 Å². The average molecular weight is 302 g/mol. The van der Waals surface area contributed by atoms with Crippen LogP contribution in [0.5, 0.6) is 0 Å². The number of amides is 1. The number of rotatable bonds is 4. The van der Waals surface area contributed by atoms with E-state index in [-0.39, 0.29) is 12.8 Å². The molecule has 0 unspecified atom stereocenters. The summed E-state index contributed by atoms with van der Waals surface area (Å²) in [5.41, 5.74) is 0.608. The second-order valence-corrected chi connectivity index (χ2v) is 4.18. The van der Waals surface area contributed by atoms with E-state index in [0.29, 0.717) is 5.56 Å². The van der Waals surface area contributed by atoms with Crippen LogP contribution in [0.2, 0.25) is 0 Å². The number of halogens is 4. The number of alkyl halides is 3. The molecular formula is C12H10F4N4O. The van der Waals surface area contributed by atoms with Crippen LogP contribution in [0, 0.1) is 5.82 Å². The highest BCUT2D eigenvalue weighted by Gasteiger charge is 2.35. The average Bonchev–Trinajstić information content (AvgIpc) is 2.85. The molecular weight excluding hydrogens is 292 g/mol. The molecule has 0 radical (unpaired) electrons. The molecule has 0 saturated heterocycles. The third-order valence-electron chi connectivity index (χ3n) is 2.53. The fourth-order valence-corrected chi connectivity index (χ4v) is 1.58. The third kappa shape index (κ3) is 4.26. The number of carbonyl (C=O) groups is 1. The Morgan fingerprint density at radius 2 is 2.10 bits per heavy atom. The van der Waals surface area contributed by atoms with Crippen molar-refractivity contribution >= 4 is 11.9 Å². The van der Waals surface area contributed by atoms with Crippen molar-refractivity contribution in [1.82, 2.24) is 15.2 Å². The van der Waals surface area contributed by atoms with Crippen LogP contribution in [0.4, 0.5) is 23.5 Å². The first kappa shape index (κ1) is 14.9. The summed E-state index contributed by atoms with van der Waals surface area (Å²) in [5.74, 6) is -2.72. The Hall–Kier alpha value is -2.45. The molecule has 0 fully saturated rings. The van der Waals surface area contributed by atoms with Gasteiger partial charge >= 0.3 is 6.18 Å². The number of aryl methyl sites for hydroxylation is 1. The van der Waals surface area contributed by atoms with E-state index in [9.17, 15) is 22.4 Å². The van der Waals surface area contributed by atoms with Crippen LogP contribution in [0.1, 0.15) is 17.8 Å². The highest BCUT2D eigenvalue weighted by Crippen LogP contribution is 2.26. The minimum absolute atomic E-state index is 0.0284.